The average molecular weight is 170 g/mol. The maximum absolute atomic E-state index is 10.7. The van der Waals surface area contributed by atoms with E-state index in [0.717, 1.165) is 0 Å². The molecule has 0 amide bonds. The molecular formula is C8H14O2Si. The Morgan fingerprint density at radius 1 is 1.55 bits per heavy atom. The van der Waals surface area contributed by atoms with Crippen molar-refractivity contribution in [2.24, 2.45) is 0 Å². The van der Waals surface area contributed by atoms with Crippen LogP contribution in [0.3, 0.4) is 0 Å². The predicted octanol–water partition coefficient (Wildman–Crippen LogP) is 1.30. The van der Waals surface area contributed by atoms with Crippen LogP contribution in [-0.2, 0) is 9.53 Å². The fourth-order valence-corrected chi connectivity index (χ4v) is 1.59. The molecule has 0 bridgehead atoms. The Balaban J connectivity index is 3.97. The molecule has 0 heterocycles. The van der Waals surface area contributed by atoms with Gasteiger partial charge in [0.2, 0.25) is 0 Å². The molecule has 11 heavy (non-hydrogen) atoms. The Morgan fingerprint density at radius 2 is 2.09 bits per heavy atom. The second kappa shape index (κ2) is 4.90. The molecule has 0 aromatic heterocycles. The van der Waals surface area contributed by atoms with Crippen LogP contribution < -0.4 is 0 Å². The molecule has 2 nitrogen and oxygen atoms in total. The fourth-order valence-electron chi connectivity index (χ4n) is 0.639. The van der Waals surface area contributed by atoms with Gasteiger partial charge in [0.25, 0.3) is 0 Å². The van der Waals surface area contributed by atoms with Gasteiger partial charge in [0.1, 0.15) is 5.73 Å². The van der Waals surface area contributed by atoms with Gasteiger partial charge in [-0.2, -0.15) is 0 Å². The Morgan fingerprint density at radius 3 is 2.36 bits per heavy atom. The standard InChI is InChI=1S/C8H14O2Si/c1-5-7(9)10-8(6-2)11(3)4/h5-6,8,11H,1-2H2,3-4H3. The van der Waals surface area contributed by atoms with Crippen LogP contribution in [0.15, 0.2) is 25.3 Å². The highest BCUT2D eigenvalue weighted by Gasteiger charge is 2.13. The number of rotatable bonds is 4. The molecule has 0 aromatic carbocycles. The summed E-state index contributed by atoms with van der Waals surface area (Å²) in [6, 6.07) is 0. The van der Waals surface area contributed by atoms with Crippen LogP contribution in [0.1, 0.15) is 0 Å². The van der Waals surface area contributed by atoms with Crippen molar-refractivity contribution in [3.05, 3.63) is 25.3 Å². The van der Waals surface area contributed by atoms with Gasteiger partial charge >= 0.3 is 5.97 Å². The Hall–Kier alpha value is -0.833. The topological polar surface area (TPSA) is 26.3 Å². The normalized spacial score (nSPS) is 12.3. The summed E-state index contributed by atoms with van der Waals surface area (Å²) in [5, 5.41) is 0. The van der Waals surface area contributed by atoms with Crippen molar-refractivity contribution in [2.45, 2.75) is 18.8 Å². The molecule has 0 fully saturated rings. The van der Waals surface area contributed by atoms with Gasteiger partial charge in [-0.15, -0.1) is 0 Å². The lowest BCUT2D eigenvalue weighted by atomic mass is 10.6. The first-order valence-corrected chi connectivity index (χ1v) is 6.55. The molecule has 1 atom stereocenters. The van der Waals surface area contributed by atoms with E-state index in [1.807, 2.05) is 0 Å². The Kier molecular flexibility index (Phi) is 4.53. The highest BCUT2D eigenvalue weighted by molar-refractivity contribution is 6.58. The van der Waals surface area contributed by atoms with E-state index >= 15 is 0 Å². The highest BCUT2D eigenvalue weighted by atomic mass is 28.3. The molecule has 0 spiro atoms. The van der Waals surface area contributed by atoms with Gasteiger partial charge in [0.05, 0.1) is 8.80 Å². The summed E-state index contributed by atoms with van der Waals surface area (Å²) < 4.78 is 5.00. The van der Waals surface area contributed by atoms with Crippen molar-refractivity contribution in [3.63, 3.8) is 0 Å². The molecule has 0 aliphatic rings. The lowest BCUT2D eigenvalue weighted by Gasteiger charge is -2.14. The summed E-state index contributed by atoms with van der Waals surface area (Å²) in [7, 11) is -0.964. The number of hydrogen-bond acceptors (Lipinski definition) is 2. The molecule has 0 rings (SSSR count). The van der Waals surface area contributed by atoms with E-state index in [2.05, 4.69) is 26.3 Å². The molecule has 0 saturated heterocycles. The maximum Gasteiger partial charge on any atom is 0.330 e. The number of esters is 1. The van der Waals surface area contributed by atoms with Gasteiger partial charge in [0.15, 0.2) is 0 Å². The zero-order chi connectivity index (χ0) is 8.85. The third-order valence-corrected chi connectivity index (χ3v) is 3.03. The van der Waals surface area contributed by atoms with Gasteiger partial charge in [-0.1, -0.05) is 32.3 Å². The van der Waals surface area contributed by atoms with Crippen molar-refractivity contribution in [1.29, 1.82) is 0 Å². The second-order valence-corrected chi connectivity index (χ2v) is 5.73. The second-order valence-electron chi connectivity index (χ2n) is 2.59. The summed E-state index contributed by atoms with van der Waals surface area (Å²) in [5.74, 6) is -0.365. The van der Waals surface area contributed by atoms with Crippen LogP contribution in [-0.4, -0.2) is 20.5 Å². The molecule has 0 aromatic rings. The van der Waals surface area contributed by atoms with Gasteiger partial charge in [0, 0.05) is 6.08 Å². The molecule has 62 valence electrons. The van der Waals surface area contributed by atoms with E-state index in [0.29, 0.717) is 0 Å². The number of ether oxygens (including phenoxy) is 1. The Bertz CT molecular complexity index is 163. The van der Waals surface area contributed by atoms with Gasteiger partial charge in [-0.3, -0.25) is 0 Å². The van der Waals surface area contributed by atoms with E-state index < -0.39 is 8.80 Å². The average Bonchev–Trinajstić information content (AvgIpc) is 1.99. The van der Waals surface area contributed by atoms with Gasteiger partial charge in [-0.25, -0.2) is 4.79 Å². The SMILES string of the molecule is C=CC(=O)OC(C=C)[SiH](C)C. The fraction of sp³-hybridized carbons (Fsp3) is 0.375. The maximum atomic E-state index is 10.7. The molecule has 0 saturated carbocycles. The predicted molar refractivity (Wildman–Crippen MR) is 49.2 cm³/mol. The van der Waals surface area contributed by atoms with Gasteiger partial charge < -0.3 is 4.74 Å². The lowest BCUT2D eigenvalue weighted by molar-refractivity contribution is -0.138. The zero-order valence-electron chi connectivity index (χ0n) is 7.04. The molecule has 0 radical (unpaired) electrons. The Labute approximate surface area is 69.2 Å². The van der Waals surface area contributed by atoms with E-state index in [9.17, 15) is 4.79 Å². The summed E-state index contributed by atoms with van der Waals surface area (Å²) >= 11 is 0. The van der Waals surface area contributed by atoms with Gasteiger partial charge in [-0.05, 0) is 0 Å². The number of carbonyl (C=O) groups excluding carboxylic acids is 1. The lowest BCUT2D eigenvalue weighted by Crippen LogP contribution is -2.27. The van der Waals surface area contributed by atoms with Crippen molar-refractivity contribution >= 4 is 14.8 Å². The summed E-state index contributed by atoms with van der Waals surface area (Å²) in [5.41, 5.74) is -0.0690. The molecule has 3 heteroatoms. The van der Waals surface area contributed by atoms with Crippen LogP contribution in [0, 0.1) is 0 Å². The first-order valence-electron chi connectivity index (χ1n) is 3.57. The monoisotopic (exact) mass is 170 g/mol. The summed E-state index contributed by atoms with van der Waals surface area (Å²) in [6.07, 6.45) is 2.85. The van der Waals surface area contributed by atoms with Crippen LogP contribution in [0.4, 0.5) is 0 Å². The minimum absolute atomic E-state index is 0.0690. The molecular weight excluding hydrogens is 156 g/mol. The van der Waals surface area contributed by atoms with Crippen LogP contribution in [0.25, 0.3) is 0 Å². The highest BCUT2D eigenvalue weighted by Crippen LogP contribution is 1.99. The van der Waals surface area contributed by atoms with Crippen molar-refractivity contribution in [3.8, 4) is 0 Å². The van der Waals surface area contributed by atoms with E-state index in [1.165, 1.54) is 6.08 Å². The number of hydrogen-bond donors (Lipinski definition) is 0. The number of carbonyl (C=O) groups is 1. The van der Waals surface area contributed by atoms with Crippen LogP contribution >= 0.6 is 0 Å². The van der Waals surface area contributed by atoms with Crippen molar-refractivity contribution in [2.75, 3.05) is 0 Å². The first-order chi connectivity index (χ1) is 5.11. The van der Waals surface area contributed by atoms with Crippen LogP contribution in [0.5, 0.6) is 0 Å². The molecule has 0 N–H and O–H groups in total. The molecule has 0 aliphatic heterocycles. The largest absolute Gasteiger partial charge is 0.459 e. The first kappa shape index (κ1) is 10.2. The van der Waals surface area contributed by atoms with E-state index in [1.54, 1.807) is 6.08 Å². The molecule has 0 aliphatic carbocycles. The quantitative estimate of drug-likeness (QED) is 0.275. The third-order valence-electron chi connectivity index (χ3n) is 1.31. The molecule has 1 unspecified atom stereocenters. The smallest absolute Gasteiger partial charge is 0.330 e. The third kappa shape index (κ3) is 3.78. The van der Waals surface area contributed by atoms with E-state index in [4.69, 9.17) is 4.74 Å². The van der Waals surface area contributed by atoms with Crippen molar-refractivity contribution < 1.29 is 9.53 Å². The zero-order valence-corrected chi connectivity index (χ0v) is 8.19. The summed E-state index contributed by atoms with van der Waals surface area (Å²) in [4.78, 5) is 10.7. The van der Waals surface area contributed by atoms with Crippen molar-refractivity contribution in [1.82, 2.24) is 0 Å². The van der Waals surface area contributed by atoms with E-state index in [-0.39, 0.29) is 11.7 Å². The minimum atomic E-state index is -0.964. The summed E-state index contributed by atoms with van der Waals surface area (Å²) in [6.45, 7) is 11.1. The minimum Gasteiger partial charge on any atom is -0.459 e. The van der Waals surface area contributed by atoms with Crippen LogP contribution in [0.2, 0.25) is 13.1 Å².